The molecular weight excluding hydrogens is 270 g/mol. The number of hydrogen-bond donors (Lipinski definition) is 2. The topological polar surface area (TPSA) is 86.5 Å². The summed E-state index contributed by atoms with van der Waals surface area (Å²) in [5.74, 6) is 6.15. The molecule has 0 bridgehead atoms. The number of aryl methyl sites for hydroxylation is 1. The van der Waals surface area contributed by atoms with Gasteiger partial charge < -0.3 is 9.47 Å². The van der Waals surface area contributed by atoms with Crippen molar-refractivity contribution in [2.75, 3.05) is 14.2 Å². The van der Waals surface area contributed by atoms with Crippen LogP contribution in [0.2, 0.25) is 0 Å². The van der Waals surface area contributed by atoms with Crippen LogP contribution >= 0.6 is 0 Å². The van der Waals surface area contributed by atoms with Crippen LogP contribution in [0.15, 0.2) is 30.3 Å². The minimum absolute atomic E-state index is 0.371. The van der Waals surface area contributed by atoms with E-state index in [1.165, 1.54) is 0 Å². The highest BCUT2D eigenvalue weighted by Gasteiger charge is 2.13. The summed E-state index contributed by atoms with van der Waals surface area (Å²) < 4.78 is 10.6. The SMILES string of the molecule is COc1ccc(OC)c(-c2ccc(C(=O)NN)c(C)n2)c1. The van der Waals surface area contributed by atoms with Gasteiger partial charge in [-0.3, -0.25) is 15.2 Å². The fourth-order valence-corrected chi connectivity index (χ4v) is 2.04. The number of aromatic nitrogens is 1. The average molecular weight is 287 g/mol. The van der Waals surface area contributed by atoms with Gasteiger partial charge in [-0.2, -0.15) is 0 Å². The van der Waals surface area contributed by atoms with Crippen LogP contribution < -0.4 is 20.7 Å². The zero-order valence-electron chi connectivity index (χ0n) is 12.1. The first-order valence-corrected chi connectivity index (χ1v) is 6.31. The van der Waals surface area contributed by atoms with Crippen molar-refractivity contribution < 1.29 is 14.3 Å². The lowest BCUT2D eigenvalue weighted by atomic mass is 10.1. The van der Waals surface area contributed by atoms with Gasteiger partial charge in [0, 0.05) is 5.56 Å². The number of carbonyl (C=O) groups excluding carboxylic acids is 1. The Morgan fingerprint density at radius 1 is 1.19 bits per heavy atom. The fraction of sp³-hybridized carbons (Fsp3) is 0.200. The van der Waals surface area contributed by atoms with E-state index in [2.05, 4.69) is 10.4 Å². The molecule has 0 saturated heterocycles. The van der Waals surface area contributed by atoms with Gasteiger partial charge in [-0.15, -0.1) is 0 Å². The van der Waals surface area contributed by atoms with E-state index >= 15 is 0 Å². The van der Waals surface area contributed by atoms with Crippen LogP contribution in [0.1, 0.15) is 16.1 Å². The molecule has 0 unspecified atom stereocenters. The van der Waals surface area contributed by atoms with E-state index < -0.39 is 0 Å². The molecule has 1 heterocycles. The van der Waals surface area contributed by atoms with Crippen molar-refractivity contribution in [3.05, 3.63) is 41.6 Å². The summed E-state index contributed by atoms with van der Waals surface area (Å²) >= 11 is 0. The number of amides is 1. The first kappa shape index (κ1) is 14.8. The van der Waals surface area contributed by atoms with Crippen LogP contribution in [0.25, 0.3) is 11.3 Å². The van der Waals surface area contributed by atoms with Gasteiger partial charge in [0.2, 0.25) is 0 Å². The molecule has 0 fully saturated rings. The maximum atomic E-state index is 11.6. The number of ether oxygens (including phenoxy) is 2. The summed E-state index contributed by atoms with van der Waals surface area (Å²) in [6, 6.07) is 8.88. The Morgan fingerprint density at radius 3 is 2.52 bits per heavy atom. The minimum Gasteiger partial charge on any atom is -0.497 e. The summed E-state index contributed by atoms with van der Waals surface area (Å²) in [5, 5.41) is 0. The molecular formula is C15H17N3O3. The van der Waals surface area contributed by atoms with Crippen molar-refractivity contribution in [2.45, 2.75) is 6.92 Å². The van der Waals surface area contributed by atoms with E-state index in [1.54, 1.807) is 33.3 Å². The number of carbonyl (C=O) groups is 1. The maximum Gasteiger partial charge on any atom is 0.267 e. The molecule has 6 nitrogen and oxygen atoms in total. The molecule has 0 saturated carbocycles. The van der Waals surface area contributed by atoms with Gasteiger partial charge >= 0.3 is 0 Å². The van der Waals surface area contributed by atoms with E-state index in [4.69, 9.17) is 15.3 Å². The molecule has 2 aromatic rings. The standard InChI is InChI=1S/C15H17N3O3/c1-9-11(15(19)18-16)5-6-13(17-9)12-8-10(20-2)4-7-14(12)21-3/h4-8H,16H2,1-3H3,(H,18,19). The number of hydrazine groups is 1. The number of nitrogens with zero attached hydrogens (tertiary/aromatic N) is 1. The van der Waals surface area contributed by atoms with E-state index in [0.29, 0.717) is 28.5 Å². The molecule has 1 aromatic heterocycles. The van der Waals surface area contributed by atoms with Crippen LogP contribution in [-0.2, 0) is 0 Å². The molecule has 3 N–H and O–H groups in total. The Labute approximate surface area is 122 Å². The molecule has 0 aliphatic rings. The lowest BCUT2D eigenvalue weighted by Crippen LogP contribution is -2.30. The second-order valence-corrected chi connectivity index (χ2v) is 4.37. The normalized spacial score (nSPS) is 10.1. The van der Waals surface area contributed by atoms with Gasteiger partial charge in [0.1, 0.15) is 11.5 Å². The predicted molar refractivity (Wildman–Crippen MR) is 79.2 cm³/mol. The second kappa shape index (κ2) is 6.23. The van der Waals surface area contributed by atoms with E-state index in [9.17, 15) is 4.79 Å². The first-order chi connectivity index (χ1) is 10.1. The van der Waals surface area contributed by atoms with E-state index in [0.717, 1.165) is 5.56 Å². The largest absolute Gasteiger partial charge is 0.497 e. The molecule has 6 heteroatoms. The lowest BCUT2D eigenvalue weighted by Gasteiger charge is -2.11. The molecule has 0 aliphatic heterocycles. The third kappa shape index (κ3) is 2.95. The summed E-state index contributed by atoms with van der Waals surface area (Å²) in [4.78, 5) is 16.0. The second-order valence-electron chi connectivity index (χ2n) is 4.37. The summed E-state index contributed by atoms with van der Waals surface area (Å²) in [7, 11) is 3.19. The van der Waals surface area contributed by atoms with Gasteiger partial charge in [-0.05, 0) is 37.3 Å². The molecule has 0 spiro atoms. The number of nitrogens with two attached hydrogens (primary N) is 1. The molecule has 110 valence electrons. The number of pyridine rings is 1. The summed E-state index contributed by atoms with van der Waals surface area (Å²) in [6.45, 7) is 1.75. The number of rotatable bonds is 4. The number of hydrogen-bond acceptors (Lipinski definition) is 5. The molecule has 1 aromatic carbocycles. The molecule has 0 aliphatic carbocycles. The third-order valence-corrected chi connectivity index (χ3v) is 3.14. The Morgan fingerprint density at radius 2 is 1.95 bits per heavy atom. The Bertz CT molecular complexity index is 671. The van der Waals surface area contributed by atoms with E-state index in [-0.39, 0.29) is 5.91 Å². The number of methoxy groups -OCH3 is 2. The van der Waals surface area contributed by atoms with Crippen LogP contribution in [0.4, 0.5) is 0 Å². The van der Waals surface area contributed by atoms with Crippen molar-refractivity contribution in [3.8, 4) is 22.8 Å². The van der Waals surface area contributed by atoms with Crippen LogP contribution in [0.3, 0.4) is 0 Å². The monoisotopic (exact) mass is 287 g/mol. The predicted octanol–water partition coefficient (Wildman–Crippen LogP) is 1.68. The first-order valence-electron chi connectivity index (χ1n) is 6.31. The number of nitrogens with one attached hydrogen (secondary N) is 1. The quantitative estimate of drug-likeness (QED) is 0.507. The highest BCUT2D eigenvalue weighted by Crippen LogP contribution is 2.32. The average Bonchev–Trinajstić information content (AvgIpc) is 2.53. The van der Waals surface area contributed by atoms with Crippen molar-refractivity contribution in [2.24, 2.45) is 5.84 Å². The molecule has 21 heavy (non-hydrogen) atoms. The van der Waals surface area contributed by atoms with Crippen LogP contribution in [0, 0.1) is 6.92 Å². The highest BCUT2D eigenvalue weighted by molar-refractivity contribution is 5.95. The van der Waals surface area contributed by atoms with Crippen molar-refractivity contribution >= 4 is 5.91 Å². The fourth-order valence-electron chi connectivity index (χ4n) is 2.04. The maximum absolute atomic E-state index is 11.6. The minimum atomic E-state index is -0.371. The molecule has 2 rings (SSSR count). The third-order valence-electron chi connectivity index (χ3n) is 3.14. The van der Waals surface area contributed by atoms with Gasteiger partial charge in [0.05, 0.1) is 31.2 Å². The number of nitrogen functional groups attached to an aromatic ring is 1. The van der Waals surface area contributed by atoms with Crippen molar-refractivity contribution in [1.82, 2.24) is 10.4 Å². The Balaban J connectivity index is 2.52. The zero-order chi connectivity index (χ0) is 15.4. The summed E-state index contributed by atoms with van der Waals surface area (Å²) in [6.07, 6.45) is 0. The highest BCUT2D eigenvalue weighted by atomic mass is 16.5. The number of benzene rings is 1. The molecule has 0 radical (unpaired) electrons. The Kier molecular flexibility index (Phi) is 4.39. The van der Waals surface area contributed by atoms with Crippen LogP contribution in [0.5, 0.6) is 11.5 Å². The van der Waals surface area contributed by atoms with Crippen LogP contribution in [-0.4, -0.2) is 25.1 Å². The zero-order valence-corrected chi connectivity index (χ0v) is 12.1. The smallest absolute Gasteiger partial charge is 0.267 e. The van der Waals surface area contributed by atoms with E-state index in [1.807, 2.05) is 18.2 Å². The van der Waals surface area contributed by atoms with Crippen molar-refractivity contribution in [3.63, 3.8) is 0 Å². The van der Waals surface area contributed by atoms with Gasteiger partial charge in [-0.1, -0.05) is 0 Å². The van der Waals surface area contributed by atoms with Gasteiger partial charge in [0.25, 0.3) is 5.91 Å². The van der Waals surface area contributed by atoms with Gasteiger partial charge in [-0.25, -0.2) is 5.84 Å². The van der Waals surface area contributed by atoms with Crippen molar-refractivity contribution in [1.29, 1.82) is 0 Å². The summed E-state index contributed by atoms with van der Waals surface area (Å²) in [5.41, 5.74) is 4.60. The lowest BCUT2D eigenvalue weighted by molar-refractivity contribution is 0.0952. The van der Waals surface area contributed by atoms with Gasteiger partial charge in [0.15, 0.2) is 0 Å². The molecule has 0 atom stereocenters. The molecule has 1 amide bonds. The Hall–Kier alpha value is -2.60.